The highest BCUT2D eigenvalue weighted by molar-refractivity contribution is 7.21. The van der Waals surface area contributed by atoms with Crippen LogP contribution in [0.3, 0.4) is 0 Å². The van der Waals surface area contributed by atoms with Gasteiger partial charge in [-0.15, -0.1) is 21.5 Å². The number of halogens is 2. The van der Waals surface area contributed by atoms with Crippen LogP contribution in [0.1, 0.15) is 15.6 Å². The fraction of sp³-hybridized carbons (Fsp3) is 0.190. The molecule has 0 aliphatic heterocycles. The number of fused-ring (bicyclic) bond motifs is 1. The number of methoxy groups -OCH3 is 3. The van der Waals surface area contributed by atoms with E-state index in [0.717, 1.165) is 10.1 Å². The molecule has 0 fully saturated rings. The molecule has 0 radical (unpaired) electrons. The average Bonchev–Trinajstić information content (AvgIpc) is 3.40. The molecule has 2 heterocycles. The van der Waals surface area contributed by atoms with E-state index in [-0.39, 0.29) is 23.3 Å². The average molecular weight is 495 g/mol. The fourth-order valence-electron chi connectivity index (χ4n) is 3.00. The van der Waals surface area contributed by atoms with Crippen LogP contribution in [-0.2, 0) is 11.3 Å². The minimum atomic E-state index is -0.597. The largest absolute Gasteiger partial charge is 0.493 e. The second-order valence-corrected chi connectivity index (χ2v) is 8.24. The molecule has 8 nitrogen and oxygen atoms in total. The summed E-state index contributed by atoms with van der Waals surface area (Å²) in [6.45, 7) is -0.221. The van der Waals surface area contributed by atoms with E-state index in [2.05, 4.69) is 10.2 Å². The number of carbonyl (C=O) groups excluding carboxylic acids is 1. The summed E-state index contributed by atoms with van der Waals surface area (Å²) < 4.78 is 27.7. The van der Waals surface area contributed by atoms with Gasteiger partial charge in [0.2, 0.25) is 11.6 Å². The summed E-state index contributed by atoms with van der Waals surface area (Å²) in [5.41, 5.74) is 0.550. The molecule has 2 aromatic carbocycles. The summed E-state index contributed by atoms with van der Waals surface area (Å²) in [5, 5.41) is 9.55. The Hall–Kier alpha value is -3.01. The molecular formula is C21H16Cl2N2O6S. The lowest BCUT2D eigenvalue weighted by atomic mass is 10.2. The van der Waals surface area contributed by atoms with Gasteiger partial charge in [-0.25, -0.2) is 4.79 Å². The van der Waals surface area contributed by atoms with Gasteiger partial charge in [0.15, 0.2) is 18.1 Å². The van der Waals surface area contributed by atoms with Crippen LogP contribution in [-0.4, -0.2) is 37.5 Å². The smallest absolute Gasteiger partial charge is 0.350 e. The predicted octanol–water partition coefficient (Wildman–Crippen LogP) is 5.64. The molecule has 0 saturated carbocycles. The summed E-state index contributed by atoms with van der Waals surface area (Å²) in [7, 11) is 4.52. The number of ether oxygens (including phenoxy) is 4. The van der Waals surface area contributed by atoms with E-state index in [1.54, 1.807) is 30.3 Å². The number of thiophene rings is 1. The molecular weight excluding hydrogens is 479 g/mol. The molecule has 0 aliphatic carbocycles. The summed E-state index contributed by atoms with van der Waals surface area (Å²) in [6, 6.07) is 8.56. The molecule has 0 aliphatic rings. The van der Waals surface area contributed by atoms with E-state index in [1.165, 1.54) is 32.7 Å². The summed E-state index contributed by atoms with van der Waals surface area (Å²) in [6.07, 6.45) is 0. The van der Waals surface area contributed by atoms with Gasteiger partial charge in [-0.3, -0.25) is 0 Å². The zero-order valence-corrected chi connectivity index (χ0v) is 19.4. The second-order valence-electron chi connectivity index (χ2n) is 6.38. The van der Waals surface area contributed by atoms with Crippen LogP contribution in [0.25, 0.3) is 21.5 Å². The summed E-state index contributed by atoms with van der Waals surface area (Å²) >= 11 is 13.5. The van der Waals surface area contributed by atoms with E-state index in [1.807, 2.05) is 0 Å². The number of esters is 1. The number of benzene rings is 2. The Morgan fingerprint density at radius 1 is 1.03 bits per heavy atom. The third-order valence-electron chi connectivity index (χ3n) is 4.48. The molecule has 11 heteroatoms. The van der Waals surface area contributed by atoms with Crippen molar-refractivity contribution in [3.8, 4) is 28.7 Å². The normalized spacial score (nSPS) is 10.9. The van der Waals surface area contributed by atoms with E-state index in [9.17, 15) is 4.79 Å². The van der Waals surface area contributed by atoms with Crippen molar-refractivity contribution in [2.24, 2.45) is 0 Å². The molecule has 166 valence electrons. The van der Waals surface area contributed by atoms with Crippen molar-refractivity contribution in [3.05, 3.63) is 51.1 Å². The Morgan fingerprint density at radius 2 is 1.75 bits per heavy atom. The van der Waals surface area contributed by atoms with E-state index in [0.29, 0.717) is 32.9 Å². The first-order valence-corrected chi connectivity index (χ1v) is 10.7. The second kappa shape index (κ2) is 9.23. The van der Waals surface area contributed by atoms with Crippen LogP contribution in [0.2, 0.25) is 10.0 Å². The zero-order valence-electron chi connectivity index (χ0n) is 17.1. The number of rotatable bonds is 7. The SMILES string of the molecule is COc1cc(-c2nnc(COC(=O)c3sc4cc(Cl)ccc4c3Cl)o2)cc(OC)c1OC. The zero-order chi connectivity index (χ0) is 22.8. The highest BCUT2D eigenvalue weighted by Crippen LogP contribution is 2.41. The maximum Gasteiger partial charge on any atom is 0.350 e. The lowest BCUT2D eigenvalue weighted by molar-refractivity contribution is 0.0445. The van der Waals surface area contributed by atoms with Crippen LogP contribution in [0, 0.1) is 0 Å². The van der Waals surface area contributed by atoms with Crippen molar-refractivity contribution in [3.63, 3.8) is 0 Å². The van der Waals surface area contributed by atoms with Gasteiger partial charge in [0, 0.05) is 20.7 Å². The molecule has 0 amide bonds. The molecule has 4 rings (SSSR count). The van der Waals surface area contributed by atoms with Gasteiger partial charge < -0.3 is 23.4 Å². The van der Waals surface area contributed by atoms with Crippen molar-refractivity contribution in [1.29, 1.82) is 0 Å². The Labute approximate surface area is 196 Å². The van der Waals surface area contributed by atoms with Crippen molar-refractivity contribution >= 4 is 50.6 Å². The predicted molar refractivity (Wildman–Crippen MR) is 120 cm³/mol. The number of nitrogens with zero attached hydrogens (tertiary/aromatic N) is 2. The molecule has 0 atom stereocenters. The van der Waals surface area contributed by atoms with Gasteiger partial charge >= 0.3 is 5.97 Å². The van der Waals surface area contributed by atoms with Gasteiger partial charge in [0.25, 0.3) is 5.89 Å². The van der Waals surface area contributed by atoms with Crippen molar-refractivity contribution < 1.29 is 28.2 Å². The fourth-order valence-corrected chi connectivity index (χ4v) is 4.67. The van der Waals surface area contributed by atoms with Crippen LogP contribution in [0.15, 0.2) is 34.7 Å². The lowest BCUT2D eigenvalue weighted by Gasteiger charge is -2.12. The Bertz CT molecular complexity index is 1280. The van der Waals surface area contributed by atoms with Gasteiger partial charge in [-0.05, 0) is 24.3 Å². The van der Waals surface area contributed by atoms with Crippen LogP contribution in [0.5, 0.6) is 17.2 Å². The third kappa shape index (κ3) is 4.19. The maximum absolute atomic E-state index is 12.5. The molecule has 0 N–H and O–H groups in total. The minimum absolute atomic E-state index is 0.113. The van der Waals surface area contributed by atoms with Crippen LogP contribution < -0.4 is 14.2 Å². The van der Waals surface area contributed by atoms with Crippen LogP contribution >= 0.6 is 34.5 Å². The Balaban J connectivity index is 1.52. The first-order chi connectivity index (χ1) is 15.4. The number of carbonyl (C=O) groups is 1. The topological polar surface area (TPSA) is 92.9 Å². The van der Waals surface area contributed by atoms with Gasteiger partial charge in [-0.1, -0.05) is 29.3 Å². The summed E-state index contributed by atoms with van der Waals surface area (Å²) in [4.78, 5) is 12.8. The maximum atomic E-state index is 12.5. The van der Waals surface area contributed by atoms with Crippen molar-refractivity contribution in [1.82, 2.24) is 10.2 Å². The van der Waals surface area contributed by atoms with Gasteiger partial charge in [-0.2, -0.15) is 0 Å². The van der Waals surface area contributed by atoms with Crippen molar-refractivity contribution in [2.75, 3.05) is 21.3 Å². The monoisotopic (exact) mass is 494 g/mol. The standard InChI is InChI=1S/C21H16Cl2N2O6S/c1-27-13-6-10(7-14(28-2)18(13)29-3)20-25-24-16(31-20)9-30-21(26)19-17(23)12-5-4-11(22)8-15(12)32-19/h4-8H,9H2,1-3H3. The molecule has 0 saturated heterocycles. The third-order valence-corrected chi connectivity index (χ3v) is 6.35. The quantitative estimate of drug-likeness (QED) is 0.304. The molecule has 0 spiro atoms. The van der Waals surface area contributed by atoms with Gasteiger partial charge in [0.1, 0.15) is 4.88 Å². The first-order valence-electron chi connectivity index (χ1n) is 9.12. The molecule has 4 aromatic rings. The minimum Gasteiger partial charge on any atom is -0.493 e. The van der Waals surface area contributed by atoms with E-state index < -0.39 is 5.97 Å². The van der Waals surface area contributed by atoms with Crippen molar-refractivity contribution in [2.45, 2.75) is 6.61 Å². The first kappa shape index (κ1) is 22.2. The summed E-state index contributed by atoms with van der Waals surface area (Å²) in [5.74, 6) is 1.03. The highest BCUT2D eigenvalue weighted by atomic mass is 35.5. The molecule has 2 aromatic heterocycles. The number of hydrogen-bond donors (Lipinski definition) is 0. The van der Waals surface area contributed by atoms with Crippen LogP contribution in [0.4, 0.5) is 0 Å². The molecule has 0 bridgehead atoms. The lowest BCUT2D eigenvalue weighted by Crippen LogP contribution is -2.04. The number of hydrogen-bond acceptors (Lipinski definition) is 9. The van der Waals surface area contributed by atoms with Gasteiger partial charge in [0.05, 0.1) is 26.4 Å². The van der Waals surface area contributed by atoms with E-state index in [4.69, 9.17) is 46.6 Å². The molecule has 32 heavy (non-hydrogen) atoms. The number of aromatic nitrogens is 2. The Morgan fingerprint density at radius 3 is 2.41 bits per heavy atom. The molecule has 0 unspecified atom stereocenters. The Kier molecular flexibility index (Phi) is 6.40. The highest BCUT2D eigenvalue weighted by Gasteiger charge is 2.21. The van der Waals surface area contributed by atoms with E-state index >= 15 is 0 Å².